The summed E-state index contributed by atoms with van der Waals surface area (Å²) in [5.41, 5.74) is 0. The van der Waals surface area contributed by atoms with Crippen LogP contribution in [0, 0.1) is 0 Å². The fourth-order valence-electron chi connectivity index (χ4n) is 3.73. The topological polar surface area (TPSA) is 59.4 Å². The summed E-state index contributed by atoms with van der Waals surface area (Å²) in [6, 6.07) is 0. The molecule has 0 N–H and O–H groups in total. The lowest BCUT2D eigenvalue weighted by Crippen LogP contribution is -2.35. The lowest BCUT2D eigenvalue weighted by molar-refractivity contribution is -0.228. The molecule has 2 unspecified atom stereocenters. The van der Waals surface area contributed by atoms with Crippen molar-refractivity contribution in [3.05, 3.63) is 0 Å². The number of hydrogen-bond donors (Lipinski definition) is 0. The number of rotatable bonds is 2. The summed E-state index contributed by atoms with van der Waals surface area (Å²) in [5.74, 6) is -1.14. The van der Waals surface area contributed by atoms with Gasteiger partial charge >= 0.3 is 0 Å². The molecule has 5 nitrogen and oxygen atoms in total. The second-order valence-electron chi connectivity index (χ2n) is 5.44. The molecule has 2 aliphatic carbocycles. The molecule has 4 saturated heterocycles. The number of hydrogen-bond acceptors (Lipinski definition) is 5. The van der Waals surface area contributed by atoms with Gasteiger partial charge in [0.15, 0.2) is 0 Å². The summed E-state index contributed by atoms with van der Waals surface area (Å²) >= 11 is 0. The predicted molar refractivity (Wildman–Crippen MR) is 42.4 cm³/mol. The van der Waals surface area contributed by atoms with Gasteiger partial charge < -0.3 is 23.7 Å². The van der Waals surface area contributed by atoms with Crippen LogP contribution in [0.25, 0.3) is 0 Å². The van der Waals surface area contributed by atoms with Crippen LogP contribution in [-0.2, 0) is 23.7 Å². The van der Waals surface area contributed by atoms with Gasteiger partial charge in [-0.15, -0.1) is 0 Å². The Morgan fingerprint density at radius 2 is 1.27 bits per heavy atom. The Kier molecular flexibility index (Phi) is 0.720. The third-order valence-corrected chi connectivity index (χ3v) is 4.81. The number of ether oxygens (including phenoxy) is 5. The third-order valence-electron chi connectivity index (χ3n) is 4.81. The fraction of sp³-hybridized carbons (Fsp3) is 1.00. The summed E-state index contributed by atoms with van der Waals surface area (Å²) in [5, 5.41) is 0. The van der Waals surface area contributed by atoms with Crippen LogP contribution in [0.2, 0.25) is 0 Å². The van der Waals surface area contributed by atoms with Gasteiger partial charge in [0.05, 0.1) is 0 Å². The molecule has 6 fully saturated rings. The molecule has 4 aliphatic heterocycles. The molecule has 0 aromatic carbocycles. The Hall–Kier alpha value is -0.200. The largest absolute Gasteiger partial charge is 0.363 e. The Morgan fingerprint density at radius 3 is 1.53 bits per heavy atom. The van der Waals surface area contributed by atoms with E-state index in [2.05, 4.69) is 0 Å². The molecule has 0 aromatic rings. The zero-order valence-corrected chi connectivity index (χ0v) is 8.02. The second kappa shape index (κ2) is 1.50. The molecule has 0 amide bonds. The van der Waals surface area contributed by atoms with Gasteiger partial charge in [-0.25, -0.2) is 0 Å². The highest BCUT2D eigenvalue weighted by Crippen LogP contribution is 2.80. The van der Waals surface area contributed by atoms with E-state index in [1.54, 1.807) is 0 Å². The Balaban J connectivity index is 1.30. The average Bonchev–Trinajstić information content (AvgIpc) is 3.06. The normalized spacial score (nSPS) is 79.2. The molecule has 6 aliphatic rings. The quantitative estimate of drug-likeness (QED) is 0.611. The molecular formula is C10H10O5. The molecule has 0 bridgehead atoms. The van der Waals surface area contributed by atoms with Gasteiger partial charge in [-0.2, -0.15) is 0 Å². The smallest absolute Gasteiger partial charge is 0.256 e. The van der Waals surface area contributed by atoms with Crippen molar-refractivity contribution in [2.75, 3.05) is 0 Å². The van der Waals surface area contributed by atoms with Crippen LogP contribution < -0.4 is 0 Å². The van der Waals surface area contributed by atoms with Crippen LogP contribution in [0.3, 0.4) is 0 Å². The first-order chi connectivity index (χ1) is 7.25. The predicted octanol–water partition coefficient (Wildman–Crippen LogP) is 0.234. The van der Waals surface area contributed by atoms with Crippen molar-refractivity contribution in [1.29, 1.82) is 0 Å². The highest BCUT2D eigenvalue weighted by molar-refractivity contribution is 5.30. The van der Waals surface area contributed by atoms with Crippen LogP contribution in [0.5, 0.6) is 0 Å². The van der Waals surface area contributed by atoms with Gasteiger partial charge in [-0.1, -0.05) is 0 Å². The first-order valence-electron chi connectivity index (χ1n) is 5.71. The Bertz CT molecular complexity index is 368. The van der Waals surface area contributed by atoms with Gasteiger partial charge in [-0.3, -0.25) is 0 Å². The van der Waals surface area contributed by atoms with Crippen LogP contribution in [0.15, 0.2) is 0 Å². The zero-order chi connectivity index (χ0) is 9.52. The maximum Gasteiger partial charge on any atom is 0.256 e. The summed E-state index contributed by atoms with van der Waals surface area (Å²) < 4.78 is 28.1. The van der Waals surface area contributed by atoms with E-state index in [0.29, 0.717) is 0 Å². The monoisotopic (exact) mass is 210 g/mol. The summed E-state index contributed by atoms with van der Waals surface area (Å²) in [6.45, 7) is 0. The highest BCUT2D eigenvalue weighted by atomic mass is 17.1. The molecule has 15 heavy (non-hydrogen) atoms. The van der Waals surface area contributed by atoms with E-state index >= 15 is 0 Å². The maximum atomic E-state index is 6.06. The average molecular weight is 210 g/mol. The van der Waals surface area contributed by atoms with Crippen LogP contribution in [-0.4, -0.2) is 35.4 Å². The van der Waals surface area contributed by atoms with Gasteiger partial charge in [0.1, 0.15) is 12.2 Å². The van der Waals surface area contributed by atoms with Crippen molar-refractivity contribution < 1.29 is 23.7 Å². The Labute approximate surface area is 85.6 Å². The van der Waals surface area contributed by atoms with E-state index in [-0.39, 0.29) is 35.4 Å². The van der Waals surface area contributed by atoms with Crippen LogP contribution in [0.1, 0.15) is 25.7 Å². The minimum Gasteiger partial charge on any atom is -0.363 e. The first kappa shape index (κ1) is 7.19. The van der Waals surface area contributed by atoms with Crippen molar-refractivity contribution in [1.82, 2.24) is 0 Å². The molecule has 6 rings (SSSR count). The number of epoxide rings is 4. The van der Waals surface area contributed by atoms with Crippen LogP contribution >= 0.6 is 0 Å². The Morgan fingerprint density at radius 1 is 0.800 bits per heavy atom. The van der Waals surface area contributed by atoms with Gasteiger partial charge in [0.25, 0.3) is 11.6 Å². The minimum absolute atomic E-state index is 0.0982. The van der Waals surface area contributed by atoms with E-state index in [1.165, 1.54) is 0 Å². The minimum atomic E-state index is -0.349. The molecule has 0 spiro atoms. The van der Waals surface area contributed by atoms with Gasteiger partial charge in [0.2, 0.25) is 11.6 Å². The van der Waals surface area contributed by atoms with Crippen molar-refractivity contribution in [2.24, 2.45) is 0 Å². The van der Waals surface area contributed by atoms with Crippen LogP contribution in [0.4, 0.5) is 0 Å². The zero-order valence-electron chi connectivity index (χ0n) is 8.02. The van der Waals surface area contributed by atoms with E-state index in [4.69, 9.17) is 23.7 Å². The molecule has 0 aromatic heterocycles. The van der Waals surface area contributed by atoms with E-state index < -0.39 is 0 Å². The SMILES string of the molecule is C1CC23OC2(O3)C1OC1CCC23OC12O3. The fourth-order valence-corrected chi connectivity index (χ4v) is 3.73. The third kappa shape index (κ3) is 0.503. The van der Waals surface area contributed by atoms with E-state index in [1.807, 2.05) is 0 Å². The molecule has 2 atom stereocenters. The van der Waals surface area contributed by atoms with E-state index in [9.17, 15) is 0 Å². The van der Waals surface area contributed by atoms with Crippen molar-refractivity contribution in [2.45, 2.75) is 61.0 Å². The maximum absolute atomic E-state index is 6.06. The summed E-state index contributed by atoms with van der Waals surface area (Å²) in [7, 11) is 0. The molecule has 80 valence electrons. The molecule has 4 heterocycles. The van der Waals surface area contributed by atoms with Crippen molar-refractivity contribution in [3.8, 4) is 0 Å². The lowest BCUT2D eigenvalue weighted by Gasteiger charge is -2.25. The highest BCUT2D eigenvalue weighted by Gasteiger charge is 2.99. The first-order valence-corrected chi connectivity index (χ1v) is 5.71. The molecular weight excluding hydrogens is 200 g/mol. The van der Waals surface area contributed by atoms with Crippen molar-refractivity contribution >= 4 is 0 Å². The van der Waals surface area contributed by atoms with Crippen molar-refractivity contribution in [3.63, 3.8) is 0 Å². The molecule has 2 saturated carbocycles. The standard InChI is InChI=1S/C10H10O5/c1-3-7-9(12-7,13-7)5(1)11-6-2-4-8-10(6,14-8)15-8/h5-6H,1-4H2. The lowest BCUT2D eigenvalue weighted by atomic mass is 10.2. The summed E-state index contributed by atoms with van der Waals surface area (Å²) in [6.07, 6.45) is 4.23. The van der Waals surface area contributed by atoms with Gasteiger partial charge in [0, 0.05) is 12.8 Å². The van der Waals surface area contributed by atoms with Gasteiger partial charge in [-0.05, 0) is 12.8 Å². The van der Waals surface area contributed by atoms with E-state index in [0.717, 1.165) is 25.7 Å². The summed E-state index contributed by atoms with van der Waals surface area (Å²) in [4.78, 5) is 0. The molecule has 5 heteroatoms. The molecule has 0 radical (unpaired) electrons. The second-order valence-corrected chi connectivity index (χ2v) is 5.44.